The van der Waals surface area contributed by atoms with Gasteiger partial charge in [0.05, 0.1) is 0 Å². The summed E-state index contributed by atoms with van der Waals surface area (Å²) in [4.78, 5) is 0. The number of hydrogen-bond acceptors (Lipinski definition) is 0. The van der Waals surface area contributed by atoms with Gasteiger partial charge in [0.2, 0.25) is 0 Å². The molecule has 42 valence electrons. The molecular formula is C6H8NP. The average Bonchev–Trinajstić information content (AvgIpc) is 1.98. The maximum Gasteiger partial charge on any atom is 0.104 e. The fourth-order valence-corrected chi connectivity index (χ4v) is 1.56. The minimum absolute atomic E-state index is 0.516. The van der Waals surface area contributed by atoms with E-state index in [1.54, 1.807) is 0 Å². The molecule has 0 N–H and O–H groups in total. The summed E-state index contributed by atoms with van der Waals surface area (Å²) < 4.78 is 0. The molecule has 2 heteroatoms. The Morgan fingerprint density at radius 2 is 2.12 bits per heavy atom. The Balaban J connectivity index is 3.19. The van der Waals surface area contributed by atoms with Gasteiger partial charge in [-0.05, 0) is 30.8 Å². The lowest BCUT2D eigenvalue weighted by Crippen LogP contribution is -1.69. The predicted molar refractivity (Wildman–Crippen MR) is 37.2 cm³/mol. The molecule has 0 spiro atoms. The quantitative estimate of drug-likeness (QED) is 0.506. The molecule has 1 aromatic rings. The third-order valence-electron chi connectivity index (χ3n) is 1.37. The number of rotatable bonds is 0. The SMILES string of the molecule is Cc1c[pH]c([N])c1C. The molecule has 0 fully saturated rings. The van der Waals surface area contributed by atoms with Crippen LogP contribution in [0.15, 0.2) is 5.80 Å². The fraction of sp³-hybridized carbons (Fsp3) is 0.333. The summed E-state index contributed by atoms with van der Waals surface area (Å²) in [6, 6.07) is 0. The highest BCUT2D eigenvalue weighted by Crippen LogP contribution is 2.28. The number of hydrogen-bond donors (Lipinski definition) is 0. The van der Waals surface area contributed by atoms with Crippen molar-refractivity contribution >= 4 is 13.6 Å². The van der Waals surface area contributed by atoms with Crippen LogP contribution in [0.5, 0.6) is 0 Å². The standard InChI is InChI=1S/C6H8NP/c1-4-3-8-6(7)5(4)2/h3,8H,1-2H3. The number of aryl methyl sites for hydroxylation is 1. The fourth-order valence-electron chi connectivity index (χ4n) is 0.580. The van der Waals surface area contributed by atoms with Crippen LogP contribution in [0.2, 0.25) is 0 Å². The van der Waals surface area contributed by atoms with Gasteiger partial charge in [-0.15, -0.1) is 13.9 Å². The Hall–Kier alpha value is -0.420. The van der Waals surface area contributed by atoms with E-state index in [0.717, 1.165) is 5.56 Å². The second-order valence-electron chi connectivity index (χ2n) is 1.95. The van der Waals surface area contributed by atoms with Crippen molar-refractivity contribution in [3.05, 3.63) is 16.9 Å². The van der Waals surface area contributed by atoms with Crippen LogP contribution in [0.1, 0.15) is 11.1 Å². The molecule has 0 amide bonds. The van der Waals surface area contributed by atoms with E-state index in [4.69, 9.17) is 5.73 Å². The first-order valence-electron chi connectivity index (χ1n) is 2.55. The van der Waals surface area contributed by atoms with Crippen molar-refractivity contribution in [3.8, 4) is 0 Å². The molecule has 0 aliphatic heterocycles. The Bertz CT molecular complexity index is 171. The molecule has 0 saturated carbocycles. The van der Waals surface area contributed by atoms with Gasteiger partial charge < -0.3 is 0 Å². The van der Waals surface area contributed by atoms with Crippen molar-refractivity contribution in [2.75, 3.05) is 0 Å². The number of nitrogens with zero attached hydrogens (tertiary/aromatic N) is 1. The molecule has 0 aliphatic rings. The maximum absolute atomic E-state index is 9.01. The van der Waals surface area contributed by atoms with Crippen LogP contribution in [-0.2, 0) is 0 Å². The van der Waals surface area contributed by atoms with E-state index in [1.807, 2.05) is 13.8 Å². The Morgan fingerprint density at radius 1 is 1.50 bits per heavy atom. The highest BCUT2D eigenvalue weighted by molar-refractivity contribution is 7.33. The summed E-state index contributed by atoms with van der Waals surface area (Å²) in [7, 11) is 0.516. The van der Waals surface area contributed by atoms with E-state index >= 15 is 0 Å². The van der Waals surface area contributed by atoms with E-state index in [2.05, 4.69) is 5.80 Å². The van der Waals surface area contributed by atoms with Crippen molar-refractivity contribution in [2.45, 2.75) is 13.8 Å². The lowest BCUT2D eigenvalue weighted by atomic mass is 10.2. The van der Waals surface area contributed by atoms with Crippen molar-refractivity contribution in [1.82, 2.24) is 5.73 Å². The van der Waals surface area contributed by atoms with Gasteiger partial charge in [-0.1, -0.05) is 0 Å². The first-order chi connectivity index (χ1) is 3.72. The molecule has 1 nitrogen and oxygen atoms in total. The highest BCUT2D eigenvalue weighted by Gasteiger charge is 1.97. The van der Waals surface area contributed by atoms with Crippen LogP contribution >= 0.6 is 8.19 Å². The molecule has 0 aromatic carbocycles. The van der Waals surface area contributed by atoms with E-state index in [-0.39, 0.29) is 0 Å². The Labute approximate surface area is 51.0 Å². The molecule has 0 saturated heterocycles. The van der Waals surface area contributed by atoms with Crippen molar-refractivity contribution < 1.29 is 0 Å². The van der Waals surface area contributed by atoms with E-state index in [1.165, 1.54) is 5.56 Å². The second kappa shape index (κ2) is 1.83. The first kappa shape index (κ1) is 5.71. The molecule has 8 heavy (non-hydrogen) atoms. The van der Waals surface area contributed by atoms with Crippen LogP contribution in [0.4, 0.5) is 5.42 Å². The van der Waals surface area contributed by atoms with E-state index < -0.39 is 0 Å². The second-order valence-corrected chi connectivity index (χ2v) is 3.00. The molecule has 1 rings (SSSR count). The molecule has 1 unspecified atom stereocenters. The topological polar surface area (TPSA) is 22.3 Å². The van der Waals surface area contributed by atoms with Crippen LogP contribution in [0.25, 0.3) is 0 Å². The third kappa shape index (κ3) is 0.740. The third-order valence-corrected chi connectivity index (χ3v) is 2.60. The summed E-state index contributed by atoms with van der Waals surface area (Å²) >= 11 is 0. The zero-order valence-electron chi connectivity index (χ0n) is 5.02. The van der Waals surface area contributed by atoms with Gasteiger partial charge in [0.25, 0.3) is 0 Å². The smallest absolute Gasteiger partial charge is 0.104 e. The van der Waals surface area contributed by atoms with Crippen LogP contribution < -0.4 is 5.73 Å². The van der Waals surface area contributed by atoms with Crippen LogP contribution in [0.3, 0.4) is 0 Å². The Morgan fingerprint density at radius 3 is 2.25 bits per heavy atom. The van der Waals surface area contributed by atoms with Gasteiger partial charge in [-0.2, -0.15) is 0 Å². The zero-order chi connectivity index (χ0) is 6.15. The van der Waals surface area contributed by atoms with Gasteiger partial charge in [0, 0.05) is 0 Å². The van der Waals surface area contributed by atoms with Crippen molar-refractivity contribution in [3.63, 3.8) is 0 Å². The Kier molecular flexibility index (Phi) is 1.31. The molecule has 1 aromatic heterocycles. The van der Waals surface area contributed by atoms with Gasteiger partial charge in [0.15, 0.2) is 0 Å². The summed E-state index contributed by atoms with van der Waals surface area (Å²) in [5.74, 6) is 2.06. The molecule has 0 bridgehead atoms. The summed E-state index contributed by atoms with van der Waals surface area (Å²) in [5, 5.41) is 0. The minimum atomic E-state index is 0.516. The van der Waals surface area contributed by atoms with Gasteiger partial charge in [-0.3, -0.25) is 0 Å². The minimum Gasteiger partial charge on any atom is -0.146 e. The highest BCUT2D eigenvalue weighted by atomic mass is 31.0. The lowest BCUT2D eigenvalue weighted by molar-refractivity contribution is 1.37. The lowest BCUT2D eigenvalue weighted by Gasteiger charge is -1.84. The maximum atomic E-state index is 9.01. The van der Waals surface area contributed by atoms with Crippen molar-refractivity contribution in [1.29, 1.82) is 0 Å². The van der Waals surface area contributed by atoms with E-state index in [0.29, 0.717) is 13.6 Å². The average molecular weight is 125 g/mol. The molecule has 2 radical (unpaired) electrons. The molecule has 1 atom stereocenters. The molecule has 0 aliphatic carbocycles. The normalized spacial score (nSPS) is 10.8. The van der Waals surface area contributed by atoms with E-state index in [9.17, 15) is 0 Å². The summed E-state index contributed by atoms with van der Waals surface area (Å²) in [6.45, 7) is 3.96. The van der Waals surface area contributed by atoms with Crippen molar-refractivity contribution in [2.24, 2.45) is 0 Å². The van der Waals surface area contributed by atoms with Gasteiger partial charge in [0.1, 0.15) is 5.42 Å². The monoisotopic (exact) mass is 125 g/mol. The van der Waals surface area contributed by atoms with Crippen LogP contribution in [-0.4, -0.2) is 0 Å². The summed E-state index contributed by atoms with van der Waals surface area (Å²) in [6.07, 6.45) is 0. The molecular weight excluding hydrogens is 117 g/mol. The zero-order valence-corrected chi connectivity index (χ0v) is 6.02. The van der Waals surface area contributed by atoms with Crippen LogP contribution in [0, 0.1) is 13.8 Å². The largest absolute Gasteiger partial charge is 0.146 e. The van der Waals surface area contributed by atoms with Gasteiger partial charge in [-0.25, -0.2) is 0 Å². The van der Waals surface area contributed by atoms with Gasteiger partial charge >= 0.3 is 0 Å². The first-order valence-corrected chi connectivity index (χ1v) is 3.63. The predicted octanol–water partition coefficient (Wildman–Crippen LogP) is 2.03. The summed E-state index contributed by atoms with van der Waals surface area (Å²) in [5.41, 5.74) is 11.8. The molecule has 1 heterocycles.